The SMILES string of the molecule is C[C@H](N)C(=O)N(C)[C@@H](C)[C@H](NC(=O)[C@H](C)NC(=O)N[C@@H](Cc1c[nH]c2ccccc12)C(=O)O)C(=O)N/C=C1/CC(O)[C@H](n2ccc(=O)[nH]c2=O)O1. The van der Waals surface area contributed by atoms with Crippen LogP contribution in [0.2, 0.25) is 0 Å². The number of aromatic amines is 2. The molecule has 19 heteroatoms. The zero-order valence-corrected chi connectivity index (χ0v) is 28.2. The first kappa shape index (κ1) is 37.9. The van der Waals surface area contributed by atoms with Crippen molar-refractivity contribution in [1.82, 2.24) is 40.7 Å². The van der Waals surface area contributed by atoms with E-state index in [1.165, 1.54) is 32.7 Å². The average molecular weight is 712 g/mol. The van der Waals surface area contributed by atoms with Crippen molar-refractivity contribution in [1.29, 1.82) is 0 Å². The van der Waals surface area contributed by atoms with Crippen molar-refractivity contribution in [3.63, 3.8) is 0 Å². The molecule has 0 radical (unpaired) electrons. The first-order valence-corrected chi connectivity index (χ1v) is 15.9. The number of likely N-dealkylation sites (N-methyl/N-ethyl adjacent to an activating group) is 1. The number of benzene rings is 1. The Labute approximate surface area is 290 Å². The van der Waals surface area contributed by atoms with E-state index >= 15 is 0 Å². The Balaban J connectivity index is 1.44. The van der Waals surface area contributed by atoms with Crippen molar-refractivity contribution in [2.45, 2.75) is 76.2 Å². The van der Waals surface area contributed by atoms with Gasteiger partial charge in [0.05, 0.1) is 12.1 Å². The third-order valence-corrected chi connectivity index (χ3v) is 8.37. The number of carboxylic acids is 1. The summed E-state index contributed by atoms with van der Waals surface area (Å²) < 4.78 is 6.60. The van der Waals surface area contributed by atoms with Crippen molar-refractivity contribution >= 4 is 40.6 Å². The van der Waals surface area contributed by atoms with E-state index in [1.807, 2.05) is 18.2 Å². The summed E-state index contributed by atoms with van der Waals surface area (Å²) in [4.78, 5) is 94.2. The molecule has 1 fully saturated rings. The number of carbonyl (C=O) groups excluding carboxylic acids is 4. The molecule has 4 rings (SSSR count). The van der Waals surface area contributed by atoms with Crippen LogP contribution in [0.25, 0.3) is 10.9 Å². The van der Waals surface area contributed by atoms with Gasteiger partial charge in [-0.05, 0) is 32.4 Å². The molecule has 51 heavy (non-hydrogen) atoms. The Morgan fingerprint density at radius 2 is 1.78 bits per heavy atom. The van der Waals surface area contributed by atoms with Gasteiger partial charge in [0, 0.05) is 55.5 Å². The number of aliphatic hydroxyl groups excluding tert-OH is 1. The lowest BCUT2D eigenvalue weighted by molar-refractivity contribution is -0.139. The summed E-state index contributed by atoms with van der Waals surface area (Å²) in [7, 11) is 1.39. The maximum absolute atomic E-state index is 13.5. The van der Waals surface area contributed by atoms with Crippen LogP contribution in [0.5, 0.6) is 0 Å². The van der Waals surface area contributed by atoms with E-state index in [0.717, 1.165) is 33.9 Å². The van der Waals surface area contributed by atoms with Gasteiger partial charge in [-0.1, -0.05) is 18.2 Å². The number of hydrogen-bond donors (Lipinski definition) is 9. The van der Waals surface area contributed by atoms with Crippen molar-refractivity contribution in [3.8, 4) is 0 Å². The number of carbonyl (C=O) groups is 5. The molecule has 1 unspecified atom stereocenters. The number of fused-ring (bicyclic) bond motifs is 1. The smallest absolute Gasteiger partial charge is 0.331 e. The maximum atomic E-state index is 13.5. The molecule has 3 heterocycles. The van der Waals surface area contributed by atoms with Gasteiger partial charge in [0.1, 0.15) is 30.0 Å². The molecule has 10 N–H and O–H groups in total. The van der Waals surface area contributed by atoms with Crippen molar-refractivity contribution < 1.29 is 38.9 Å². The van der Waals surface area contributed by atoms with E-state index in [2.05, 4.69) is 31.2 Å². The third kappa shape index (κ3) is 9.19. The maximum Gasteiger partial charge on any atom is 0.331 e. The van der Waals surface area contributed by atoms with Gasteiger partial charge < -0.3 is 51.8 Å². The molecule has 1 saturated heterocycles. The highest BCUT2D eigenvalue weighted by molar-refractivity contribution is 5.93. The summed E-state index contributed by atoms with van der Waals surface area (Å²) in [6.45, 7) is 4.25. The standard InChI is InChI=1S/C32H41N9O10/c1-15(33)28(46)40(4)17(3)25(27(45)35-14-19-12-23(42)29(51-19)41-10-9-24(43)38-32(41)50)39-26(44)16(2)36-31(49)37-22(30(47)48)11-18-13-34-21-8-6-5-7-20(18)21/h5-10,13-17,22-23,25,29,34,42H,11-12,33H2,1-4H3,(H,35,45)(H,39,44)(H,47,48)(H2,36,37,49)(H,38,43,50)/b19-14-/t15-,16-,17-,22-,23?,25-,29+/m0/s1. The van der Waals surface area contributed by atoms with Gasteiger partial charge in [-0.3, -0.25) is 28.7 Å². The summed E-state index contributed by atoms with van der Waals surface area (Å²) in [6.07, 6.45) is 1.32. The average Bonchev–Trinajstić information content (AvgIpc) is 3.66. The van der Waals surface area contributed by atoms with Crippen LogP contribution < -0.4 is 38.2 Å². The Kier molecular flexibility index (Phi) is 12.0. The van der Waals surface area contributed by atoms with E-state index in [-0.39, 0.29) is 18.6 Å². The fraction of sp³-hybridized carbons (Fsp3) is 0.406. The molecule has 1 aliphatic rings. The van der Waals surface area contributed by atoms with E-state index in [0.29, 0.717) is 5.56 Å². The van der Waals surface area contributed by atoms with Crippen LogP contribution in [0, 0.1) is 0 Å². The summed E-state index contributed by atoms with van der Waals surface area (Å²) in [5, 5.41) is 30.8. The molecule has 2 aromatic heterocycles. The molecule has 19 nitrogen and oxygen atoms in total. The second-order valence-corrected chi connectivity index (χ2v) is 12.2. The highest BCUT2D eigenvalue weighted by Crippen LogP contribution is 2.29. The summed E-state index contributed by atoms with van der Waals surface area (Å²) in [5.41, 5.74) is 5.74. The molecule has 1 aliphatic heterocycles. The third-order valence-electron chi connectivity index (χ3n) is 8.37. The van der Waals surface area contributed by atoms with Crippen molar-refractivity contribution in [3.05, 3.63) is 81.1 Å². The van der Waals surface area contributed by atoms with E-state index < -0.39 is 83.5 Å². The number of H-pyrrole nitrogens is 2. The molecule has 7 atom stereocenters. The van der Waals surface area contributed by atoms with Gasteiger partial charge in [-0.2, -0.15) is 0 Å². The molecular weight excluding hydrogens is 670 g/mol. The predicted octanol–water partition coefficient (Wildman–Crippen LogP) is -1.68. The van der Waals surface area contributed by atoms with E-state index in [9.17, 15) is 43.8 Å². The van der Waals surface area contributed by atoms with Gasteiger partial charge in [-0.25, -0.2) is 14.4 Å². The number of aliphatic carboxylic acids is 1. The molecule has 5 amide bonds. The Morgan fingerprint density at radius 1 is 1.08 bits per heavy atom. The van der Waals surface area contributed by atoms with Crippen LogP contribution in [0.1, 0.15) is 39.0 Å². The first-order chi connectivity index (χ1) is 24.1. The van der Waals surface area contributed by atoms with Crippen molar-refractivity contribution in [2.75, 3.05) is 7.05 Å². The number of carboxylic acid groups (broad SMARTS) is 1. The number of nitrogens with one attached hydrogen (secondary N) is 6. The summed E-state index contributed by atoms with van der Waals surface area (Å²) in [5.74, 6) is -3.45. The lowest BCUT2D eigenvalue weighted by Gasteiger charge is -2.33. The normalized spacial score (nSPS) is 19.2. The van der Waals surface area contributed by atoms with Crippen LogP contribution >= 0.6 is 0 Å². The molecule has 1 aromatic carbocycles. The van der Waals surface area contributed by atoms with Gasteiger partial charge >= 0.3 is 17.7 Å². The minimum Gasteiger partial charge on any atom is -0.480 e. The van der Waals surface area contributed by atoms with Gasteiger partial charge in [0.25, 0.3) is 5.56 Å². The lowest BCUT2D eigenvalue weighted by atomic mass is 10.1. The quantitative estimate of drug-likeness (QED) is 0.0965. The molecule has 274 valence electrons. The molecular formula is C32H41N9O10. The number of para-hydroxylation sites is 1. The number of nitrogens with zero attached hydrogens (tertiary/aromatic N) is 2. The van der Waals surface area contributed by atoms with Gasteiger partial charge in [-0.15, -0.1) is 0 Å². The lowest BCUT2D eigenvalue weighted by Crippen LogP contribution is -2.61. The molecule has 0 aliphatic carbocycles. The van der Waals surface area contributed by atoms with Crippen LogP contribution in [-0.4, -0.2) is 103 Å². The van der Waals surface area contributed by atoms with E-state index in [4.69, 9.17) is 10.5 Å². The minimum atomic E-state index is -1.42. The molecule has 3 aromatic rings. The number of aromatic nitrogens is 3. The minimum absolute atomic E-state index is 0.0500. The van der Waals surface area contributed by atoms with Crippen LogP contribution in [0.3, 0.4) is 0 Å². The molecule has 0 saturated carbocycles. The number of hydrogen-bond acceptors (Lipinski definition) is 10. The number of rotatable bonds is 13. The fourth-order valence-electron chi connectivity index (χ4n) is 5.40. The van der Waals surface area contributed by atoms with Gasteiger partial charge in [0.2, 0.25) is 23.9 Å². The number of nitrogens with two attached hydrogens (primary N) is 1. The number of urea groups is 1. The number of aliphatic hydroxyl groups is 1. The summed E-state index contributed by atoms with van der Waals surface area (Å²) in [6, 6.07) is 1.41. The molecule has 0 bridgehead atoms. The number of ether oxygens (including phenoxy) is 1. The predicted molar refractivity (Wildman–Crippen MR) is 181 cm³/mol. The van der Waals surface area contributed by atoms with Crippen LogP contribution in [0.4, 0.5) is 4.79 Å². The second-order valence-electron chi connectivity index (χ2n) is 12.2. The summed E-state index contributed by atoms with van der Waals surface area (Å²) >= 11 is 0. The van der Waals surface area contributed by atoms with Gasteiger partial charge in [0.15, 0.2) is 0 Å². The topological polar surface area (TPSA) is 283 Å². The zero-order chi connectivity index (χ0) is 37.6. The second kappa shape index (κ2) is 16.2. The highest BCUT2D eigenvalue weighted by atomic mass is 16.5. The first-order valence-electron chi connectivity index (χ1n) is 15.9. The zero-order valence-electron chi connectivity index (χ0n) is 28.2. The Hall–Kier alpha value is -5.95. The van der Waals surface area contributed by atoms with E-state index in [1.54, 1.807) is 12.3 Å². The van der Waals surface area contributed by atoms with Crippen LogP contribution in [0.15, 0.2) is 64.3 Å². The Morgan fingerprint density at radius 3 is 2.45 bits per heavy atom. The highest BCUT2D eigenvalue weighted by Gasteiger charge is 2.36. The number of amides is 5. The van der Waals surface area contributed by atoms with Crippen molar-refractivity contribution in [2.24, 2.45) is 5.73 Å². The largest absolute Gasteiger partial charge is 0.480 e. The fourth-order valence-corrected chi connectivity index (χ4v) is 5.40. The monoisotopic (exact) mass is 711 g/mol. The van der Waals surface area contributed by atoms with Crippen LogP contribution in [-0.2, 0) is 30.3 Å². The Bertz CT molecular complexity index is 1930. The molecule has 0 spiro atoms.